The van der Waals surface area contributed by atoms with Crippen LogP contribution in [0.1, 0.15) is 25.3 Å². The van der Waals surface area contributed by atoms with E-state index in [-0.39, 0.29) is 17.7 Å². The average molecular weight is 334 g/mol. The van der Waals surface area contributed by atoms with Gasteiger partial charge in [-0.25, -0.2) is 0 Å². The van der Waals surface area contributed by atoms with Crippen LogP contribution in [0.25, 0.3) is 0 Å². The standard InChI is InChI=1S/C18H26N2O4/c1-13(21)20-10-4-5-15(12-20)18(22)19-9-8-14-6-7-16(23-2)17(11-14)24-3/h6-7,11,15H,4-5,8-10,12H2,1-3H3,(H,19,22)/t15-/m0/s1. The molecule has 0 radical (unpaired) electrons. The van der Waals surface area contributed by atoms with Crippen LogP contribution >= 0.6 is 0 Å². The quantitative estimate of drug-likeness (QED) is 0.858. The largest absolute Gasteiger partial charge is 0.493 e. The number of hydrogen-bond acceptors (Lipinski definition) is 4. The summed E-state index contributed by atoms with van der Waals surface area (Å²) in [6.07, 6.45) is 2.44. The summed E-state index contributed by atoms with van der Waals surface area (Å²) in [5, 5.41) is 2.98. The molecule has 6 nitrogen and oxygen atoms in total. The first-order valence-electron chi connectivity index (χ1n) is 8.29. The van der Waals surface area contributed by atoms with Crippen molar-refractivity contribution in [2.75, 3.05) is 33.9 Å². The van der Waals surface area contributed by atoms with Crippen molar-refractivity contribution in [2.45, 2.75) is 26.2 Å². The van der Waals surface area contributed by atoms with Crippen LogP contribution in [-0.4, -0.2) is 50.6 Å². The minimum atomic E-state index is -0.104. The van der Waals surface area contributed by atoms with Gasteiger partial charge in [-0.2, -0.15) is 0 Å². The van der Waals surface area contributed by atoms with Crippen molar-refractivity contribution in [3.8, 4) is 11.5 Å². The Hall–Kier alpha value is -2.24. The SMILES string of the molecule is COc1ccc(CCNC(=O)[C@H]2CCCN(C(C)=O)C2)cc1OC. The van der Waals surface area contributed by atoms with Crippen molar-refractivity contribution in [1.29, 1.82) is 0 Å². The fourth-order valence-electron chi connectivity index (χ4n) is 2.99. The van der Waals surface area contributed by atoms with Gasteiger partial charge in [0.1, 0.15) is 0 Å². The first kappa shape index (κ1) is 18.1. The number of likely N-dealkylation sites (tertiary alicyclic amines) is 1. The number of nitrogens with zero attached hydrogens (tertiary/aromatic N) is 1. The first-order chi connectivity index (χ1) is 11.5. The third-order valence-electron chi connectivity index (χ3n) is 4.40. The number of carbonyl (C=O) groups is 2. The van der Waals surface area contributed by atoms with Gasteiger partial charge in [0, 0.05) is 26.6 Å². The number of amides is 2. The van der Waals surface area contributed by atoms with Crippen LogP contribution in [0.15, 0.2) is 18.2 Å². The molecule has 0 unspecified atom stereocenters. The van der Waals surface area contributed by atoms with E-state index in [0.29, 0.717) is 24.6 Å². The molecule has 132 valence electrons. The summed E-state index contributed by atoms with van der Waals surface area (Å²) in [7, 11) is 3.21. The topological polar surface area (TPSA) is 67.9 Å². The van der Waals surface area contributed by atoms with Crippen molar-refractivity contribution in [1.82, 2.24) is 10.2 Å². The van der Waals surface area contributed by atoms with Gasteiger partial charge in [0.15, 0.2) is 11.5 Å². The molecule has 1 saturated heterocycles. The molecular formula is C18H26N2O4. The Balaban J connectivity index is 1.83. The number of carbonyl (C=O) groups excluding carboxylic acids is 2. The Morgan fingerprint density at radius 2 is 2.00 bits per heavy atom. The van der Waals surface area contributed by atoms with E-state index in [1.54, 1.807) is 26.0 Å². The Morgan fingerprint density at radius 3 is 2.67 bits per heavy atom. The minimum Gasteiger partial charge on any atom is -0.493 e. The van der Waals surface area contributed by atoms with Crippen LogP contribution in [0, 0.1) is 5.92 Å². The monoisotopic (exact) mass is 334 g/mol. The number of methoxy groups -OCH3 is 2. The smallest absolute Gasteiger partial charge is 0.224 e. The molecule has 24 heavy (non-hydrogen) atoms. The molecule has 1 aromatic rings. The number of benzene rings is 1. The van der Waals surface area contributed by atoms with Crippen LogP contribution < -0.4 is 14.8 Å². The molecule has 0 spiro atoms. The maximum Gasteiger partial charge on any atom is 0.224 e. The summed E-state index contributed by atoms with van der Waals surface area (Å²) < 4.78 is 10.5. The molecule has 2 rings (SSSR count). The van der Waals surface area contributed by atoms with Crippen LogP contribution in [0.2, 0.25) is 0 Å². The zero-order chi connectivity index (χ0) is 17.5. The van der Waals surface area contributed by atoms with Gasteiger partial charge >= 0.3 is 0 Å². The van der Waals surface area contributed by atoms with Crippen LogP contribution in [0.3, 0.4) is 0 Å². The molecule has 0 aliphatic carbocycles. The Bertz CT molecular complexity index is 588. The zero-order valence-corrected chi connectivity index (χ0v) is 14.6. The molecule has 1 aliphatic rings. The van der Waals surface area contributed by atoms with E-state index in [1.165, 1.54) is 0 Å². The molecule has 6 heteroatoms. The number of rotatable bonds is 6. The average Bonchev–Trinajstić information content (AvgIpc) is 2.61. The van der Waals surface area contributed by atoms with Gasteiger partial charge in [0.2, 0.25) is 11.8 Å². The van der Waals surface area contributed by atoms with E-state index >= 15 is 0 Å². The molecular weight excluding hydrogens is 308 g/mol. The molecule has 0 aromatic heterocycles. The van der Waals surface area contributed by atoms with Gasteiger partial charge in [-0.3, -0.25) is 9.59 Å². The van der Waals surface area contributed by atoms with E-state index in [9.17, 15) is 9.59 Å². The summed E-state index contributed by atoms with van der Waals surface area (Å²) in [6, 6.07) is 5.75. The van der Waals surface area contributed by atoms with Crippen LogP contribution in [0.4, 0.5) is 0 Å². The van der Waals surface area contributed by atoms with Gasteiger partial charge in [-0.15, -0.1) is 0 Å². The summed E-state index contributed by atoms with van der Waals surface area (Å²) in [4.78, 5) is 25.5. The van der Waals surface area contributed by atoms with Crippen molar-refractivity contribution in [3.63, 3.8) is 0 Å². The Kier molecular flexibility index (Phi) is 6.46. The second-order valence-corrected chi connectivity index (χ2v) is 6.03. The van der Waals surface area contributed by atoms with E-state index in [2.05, 4.69) is 5.32 Å². The van der Waals surface area contributed by atoms with Crippen LogP contribution in [-0.2, 0) is 16.0 Å². The van der Waals surface area contributed by atoms with Gasteiger partial charge in [0.25, 0.3) is 0 Å². The predicted octanol–water partition coefficient (Wildman–Crippen LogP) is 1.62. The number of hydrogen-bond donors (Lipinski definition) is 1. The molecule has 1 heterocycles. The highest BCUT2D eigenvalue weighted by Crippen LogP contribution is 2.27. The highest BCUT2D eigenvalue weighted by Gasteiger charge is 2.26. The minimum absolute atomic E-state index is 0.0291. The lowest BCUT2D eigenvalue weighted by Crippen LogP contribution is -2.45. The summed E-state index contributed by atoms with van der Waals surface area (Å²) in [5.41, 5.74) is 1.07. The Labute approximate surface area is 143 Å². The van der Waals surface area contributed by atoms with Gasteiger partial charge < -0.3 is 19.7 Å². The Morgan fingerprint density at radius 1 is 1.25 bits per heavy atom. The third-order valence-corrected chi connectivity index (χ3v) is 4.40. The van der Waals surface area contributed by atoms with Gasteiger partial charge in [-0.1, -0.05) is 6.07 Å². The molecule has 0 bridgehead atoms. The van der Waals surface area contributed by atoms with E-state index in [1.807, 2.05) is 18.2 Å². The maximum atomic E-state index is 12.3. The van der Waals surface area contributed by atoms with E-state index < -0.39 is 0 Å². The lowest BCUT2D eigenvalue weighted by molar-refractivity contribution is -0.133. The number of piperidine rings is 1. The molecule has 1 aromatic carbocycles. The molecule has 0 saturated carbocycles. The first-order valence-corrected chi connectivity index (χ1v) is 8.29. The van der Waals surface area contributed by atoms with Gasteiger partial charge in [-0.05, 0) is 37.0 Å². The van der Waals surface area contributed by atoms with Crippen molar-refractivity contribution < 1.29 is 19.1 Å². The normalized spacial score (nSPS) is 17.3. The summed E-state index contributed by atoms with van der Waals surface area (Å²) >= 11 is 0. The summed E-state index contributed by atoms with van der Waals surface area (Å²) in [6.45, 7) is 3.39. The fraction of sp³-hybridized carbons (Fsp3) is 0.556. The molecule has 1 aliphatic heterocycles. The summed E-state index contributed by atoms with van der Waals surface area (Å²) in [5.74, 6) is 1.34. The third kappa shape index (κ3) is 4.63. The second-order valence-electron chi connectivity index (χ2n) is 6.03. The molecule has 1 N–H and O–H groups in total. The molecule has 1 fully saturated rings. The van der Waals surface area contributed by atoms with Crippen LogP contribution in [0.5, 0.6) is 11.5 Å². The van der Waals surface area contributed by atoms with E-state index in [0.717, 1.165) is 31.4 Å². The molecule has 1 atom stereocenters. The van der Waals surface area contributed by atoms with Gasteiger partial charge in [0.05, 0.1) is 20.1 Å². The number of ether oxygens (including phenoxy) is 2. The fourth-order valence-corrected chi connectivity index (χ4v) is 2.99. The lowest BCUT2D eigenvalue weighted by atomic mass is 9.97. The maximum absolute atomic E-state index is 12.3. The molecule has 2 amide bonds. The highest BCUT2D eigenvalue weighted by molar-refractivity contribution is 5.80. The highest BCUT2D eigenvalue weighted by atomic mass is 16.5. The zero-order valence-electron chi connectivity index (χ0n) is 14.6. The number of nitrogens with one attached hydrogen (secondary N) is 1. The predicted molar refractivity (Wildman–Crippen MR) is 91.2 cm³/mol. The van der Waals surface area contributed by atoms with Crippen molar-refractivity contribution in [3.05, 3.63) is 23.8 Å². The second kappa shape index (κ2) is 8.57. The van der Waals surface area contributed by atoms with Crippen molar-refractivity contribution in [2.24, 2.45) is 5.92 Å². The van der Waals surface area contributed by atoms with Crippen molar-refractivity contribution >= 4 is 11.8 Å². The van der Waals surface area contributed by atoms with E-state index in [4.69, 9.17) is 9.47 Å². The lowest BCUT2D eigenvalue weighted by Gasteiger charge is -2.31.